The quantitative estimate of drug-likeness (QED) is 0.909. The molecule has 1 N–H and O–H groups in total. The molecule has 0 radical (unpaired) electrons. The van der Waals surface area contributed by atoms with Gasteiger partial charge in [0.15, 0.2) is 0 Å². The van der Waals surface area contributed by atoms with Gasteiger partial charge in [-0.15, -0.1) is 0 Å². The number of aryl methyl sites for hydroxylation is 3. The van der Waals surface area contributed by atoms with Gasteiger partial charge in [0.05, 0.1) is 23.1 Å². The topological polar surface area (TPSA) is 29.9 Å². The molecule has 1 unspecified atom stereocenters. The van der Waals surface area contributed by atoms with Gasteiger partial charge < -0.3 is 5.32 Å². The predicted molar refractivity (Wildman–Crippen MR) is 81.5 cm³/mol. The Morgan fingerprint density at radius 1 is 1.37 bits per heavy atom. The minimum Gasteiger partial charge on any atom is -0.375 e. The average Bonchev–Trinajstić information content (AvgIpc) is 2.86. The van der Waals surface area contributed by atoms with E-state index in [4.69, 9.17) is 0 Å². The van der Waals surface area contributed by atoms with Crippen LogP contribution < -0.4 is 5.32 Å². The summed E-state index contributed by atoms with van der Waals surface area (Å²) in [7, 11) is 1.99. The van der Waals surface area contributed by atoms with Gasteiger partial charge in [-0.05, 0) is 49.9 Å². The fourth-order valence-electron chi connectivity index (χ4n) is 2.89. The second kappa shape index (κ2) is 4.67. The number of halogens is 1. The molecule has 0 saturated carbocycles. The maximum atomic E-state index is 4.47. The average molecular weight is 320 g/mol. The monoisotopic (exact) mass is 319 g/mol. The summed E-state index contributed by atoms with van der Waals surface area (Å²) in [6, 6.07) is 7.00. The zero-order valence-corrected chi connectivity index (χ0v) is 13.1. The first-order valence-corrected chi connectivity index (χ1v) is 7.40. The van der Waals surface area contributed by atoms with Crippen LogP contribution in [0, 0.1) is 13.8 Å². The van der Waals surface area contributed by atoms with Crippen LogP contribution in [0.4, 0.5) is 5.69 Å². The number of nitrogens with zero attached hydrogens (tertiary/aromatic N) is 2. The molecule has 1 aliphatic carbocycles. The summed E-state index contributed by atoms with van der Waals surface area (Å²) in [5, 5.41) is 8.14. The van der Waals surface area contributed by atoms with Crippen LogP contribution in [0.3, 0.4) is 0 Å². The number of hydrogen-bond acceptors (Lipinski definition) is 2. The van der Waals surface area contributed by atoms with Crippen LogP contribution in [-0.2, 0) is 13.5 Å². The van der Waals surface area contributed by atoms with Gasteiger partial charge in [0.25, 0.3) is 0 Å². The van der Waals surface area contributed by atoms with Crippen molar-refractivity contribution in [3.63, 3.8) is 0 Å². The van der Waals surface area contributed by atoms with E-state index in [-0.39, 0.29) is 0 Å². The third-order valence-electron chi connectivity index (χ3n) is 4.01. The molecule has 1 aliphatic rings. The highest BCUT2D eigenvalue weighted by molar-refractivity contribution is 9.10. The molecule has 0 amide bonds. The van der Waals surface area contributed by atoms with Crippen molar-refractivity contribution in [3.8, 4) is 0 Å². The molecule has 0 aliphatic heterocycles. The molecule has 1 heterocycles. The van der Waals surface area contributed by atoms with E-state index in [1.165, 1.54) is 27.0 Å². The summed E-state index contributed by atoms with van der Waals surface area (Å²) in [5.74, 6) is 0. The Morgan fingerprint density at radius 3 is 2.84 bits per heavy atom. The van der Waals surface area contributed by atoms with Gasteiger partial charge in [0.2, 0.25) is 0 Å². The molecule has 3 nitrogen and oxygen atoms in total. The van der Waals surface area contributed by atoms with Crippen LogP contribution in [0.2, 0.25) is 0 Å². The summed E-state index contributed by atoms with van der Waals surface area (Å²) in [6.45, 7) is 4.17. The number of nitrogens with one attached hydrogen (secondary N) is 1. The van der Waals surface area contributed by atoms with Gasteiger partial charge in [0.1, 0.15) is 0 Å². The third-order valence-corrected chi connectivity index (χ3v) is 4.50. The van der Waals surface area contributed by atoms with E-state index in [0.717, 1.165) is 18.5 Å². The first kappa shape index (κ1) is 12.7. The Labute approximate surface area is 122 Å². The Morgan fingerprint density at radius 2 is 2.16 bits per heavy atom. The minimum atomic E-state index is 0.407. The molecule has 1 aromatic carbocycles. The maximum Gasteiger partial charge on any atom is 0.0828 e. The van der Waals surface area contributed by atoms with Crippen molar-refractivity contribution in [3.05, 3.63) is 45.2 Å². The van der Waals surface area contributed by atoms with Crippen LogP contribution in [-0.4, -0.2) is 9.78 Å². The molecule has 0 fully saturated rings. The smallest absolute Gasteiger partial charge is 0.0828 e. The Hall–Kier alpha value is -1.29. The highest BCUT2D eigenvalue weighted by Gasteiger charge is 2.24. The molecular formula is C15H18BrN3. The van der Waals surface area contributed by atoms with Crippen LogP contribution in [0.1, 0.15) is 35.0 Å². The molecule has 3 rings (SSSR count). The van der Waals surface area contributed by atoms with E-state index in [0.29, 0.717) is 6.04 Å². The van der Waals surface area contributed by atoms with Gasteiger partial charge >= 0.3 is 0 Å². The number of benzene rings is 1. The summed E-state index contributed by atoms with van der Waals surface area (Å²) in [6.07, 6.45) is 2.30. The van der Waals surface area contributed by atoms with Crippen molar-refractivity contribution in [2.45, 2.75) is 32.7 Å². The molecule has 100 valence electrons. The molecule has 0 bridgehead atoms. The lowest BCUT2D eigenvalue weighted by atomic mass is 10.1. The Bertz CT molecular complexity index is 631. The van der Waals surface area contributed by atoms with E-state index in [1.54, 1.807) is 0 Å². The zero-order valence-electron chi connectivity index (χ0n) is 11.5. The van der Waals surface area contributed by atoms with Crippen molar-refractivity contribution in [1.29, 1.82) is 0 Å². The molecule has 0 saturated heterocycles. The standard InChI is InChI=1S/C15H18BrN3/c1-9-15(10(2)19(3)18-9)17-14-7-4-11-8-12(16)5-6-13(11)14/h5-6,8,14,17H,4,7H2,1-3H3. The lowest BCUT2D eigenvalue weighted by molar-refractivity contribution is 0.729. The Kier molecular flexibility index (Phi) is 3.13. The van der Waals surface area contributed by atoms with Crippen LogP contribution in [0.15, 0.2) is 22.7 Å². The van der Waals surface area contributed by atoms with Crippen LogP contribution in [0.5, 0.6) is 0 Å². The van der Waals surface area contributed by atoms with Crippen molar-refractivity contribution in [2.75, 3.05) is 5.32 Å². The second-order valence-electron chi connectivity index (χ2n) is 5.25. The lowest BCUT2D eigenvalue weighted by Gasteiger charge is -2.16. The SMILES string of the molecule is Cc1nn(C)c(C)c1NC1CCc2cc(Br)ccc21. The predicted octanol–water partition coefficient (Wildman–Crippen LogP) is 3.90. The van der Waals surface area contributed by atoms with Crippen LogP contribution >= 0.6 is 15.9 Å². The summed E-state index contributed by atoms with van der Waals surface area (Å²) in [4.78, 5) is 0. The van der Waals surface area contributed by atoms with Gasteiger partial charge in [-0.25, -0.2) is 0 Å². The van der Waals surface area contributed by atoms with Crippen molar-refractivity contribution in [1.82, 2.24) is 9.78 Å². The Balaban J connectivity index is 1.91. The molecule has 1 atom stereocenters. The number of rotatable bonds is 2. The van der Waals surface area contributed by atoms with Crippen molar-refractivity contribution < 1.29 is 0 Å². The third kappa shape index (κ3) is 2.18. The normalized spacial score (nSPS) is 17.6. The van der Waals surface area contributed by atoms with Gasteiger partial charge in [-0.1, -0.05) is 22.0 Å². The first-order valence-electron chi connectivity index (χ1n) is 6.61. The summed E-state index contributed by atoms with van der Waals surface area (Å²) in [5.41, 5.74) is 6.33. The van der Waals surface area contributed by atoms with Gasteiger partial charge in [0, 0.05) is 11.5 Å². The number of aromatic nitrogens is 2. The van der Waals surface area contributed by atoms with Crippen LogP contribution in [0.25, 0.3) is 0 Å². The van der Waals surface area contributed by atoms with E-state index in [2.05, 4.69) is 58.4 Å². The molecule has 1 aromatic heterocycles. The first-order chi connectivity index (χ1) is 9.06. The van der Waals surface area contributed by atoms with E-state index in [1.807, 2.05) is 11.7 Å². The van der Waals surface area contributed by atoms with Gasteiger partial charge in [-0.3, -0.25) is 4.68 Å². The number of anilines is 1. The zero-order chi connectivity index (χ0) is 13.6. The molecule has 19 heavy (non-hydrogen) atoms. The van der Waals surface area contributed by atoms with Gasteiger partial charge in [-0.2, -0.15) is 5.10 Å². The molecule has 2 aromatic rings. The molecular weight excluding hydrogens is 302 g/mol. The summed E-state index contributed by atoms with van der Waals surface area (Å²) >= 11 is 3.54. The number of hydrogen-bond donors (Lipinski definition) is 1. The number of fused-ring (bicyclic) bond motifs is 1. The largest absolute Gasteiger partial charge is 0.375 e. The fraction of sp³-hybridized carbons (Fsp3) is 0.400. The van der Waals surface area contributed by atoms with E-state index >= 15 is 0 Å². The summed E-state index contributed by atoms with van der Waals surface area (Å²) < 4.78 is 3.11. The maximum absolute atomic E-state index is 4.47. The lowest BCUT2D eigenvalue weighted by Crippen LogP contribution is -2.08. The minimum absolute atomic E-state index is 0.407. The molecule has 4 heteroatoms. The highest BCUT2D eigenvalue weighted by atomic mass is 79.9. The highest BCUT2D eigenvalue weighted by Crippen LogP contribution is 2.36. The second-order valence-corrected chi connectivity index (χ2v) is 6.16. The fourth-order valence-corrected chi connectivity index (χ4v) is 3.30. The van der Waals surface area contributed by atoms with Crippen molar-refractivity contribution >= 4 is 21.6 Å². The van der Waals surface area contributed by atoms with E-state index in [9.17, 15) is 0 Å². The van der Waals surface area contributed by atoms with E-state index < -0.39 is 0 Å². The molecule has 0 spiro atoms. The van der Waals surface area contributed by atoms with Crippen molar-refractivity contribution in [2.24, 2.45) is 7.05 Å².